The summed E-state index contributed by atoms with van der Waals surface area (Å²) in [6.07, 6.45) is 3.09. The molecule has 0 saturated carbocycles. The maximum atomic E-state index is 12.0. The van der Waals surface area contributed by atoms with Gasteiger partial charge in [0, 0.05) is 16.0 Å². The number of hydrogen-bond donors (Lipinski definition) is 1. The van der Waals surface area contributed by atoms with Gasteiger partial charge in [-0.25, -0.2) is 4.79 Å². The molecule has 6 heteroatoms. The standard InChI is InChI=1S/C17H16ClNO3S/c1-3-22-17(21)14-10-11(2)23-16(14)19-15(20)9-6-12-4-7-13(18)8-5-12/h4-10H,3H2,1-2H3,(H,19,20)/b9-6+. The number of nitrogens with one attached hydrogen (secondary N) is 1. The van der Waals surface area contributed by atoms with Crippen LogP contribution in [0.1, 0.15) is 27.7 Å². The van der Waals surface area contributed by atoms with Gasteiger partial charge in [-0.1, -0.05) is 23.7 Å². The van der Waals surface area contributed by atoms with Gasteiger partial charge >= 0.3 is 5.97 Å². The molecule has 1 heterocycles. The van der Waals surface area contributed by atoms with E-state index < -0.39 is 5.97 Å². The summed E-state index contributed by atoms with van der Waals surface area (Å²) >= 11 is 7.15. The zero-order valence-corrected chi connectivity index (χ0v) is 14.3. The van der Waals surface area contributed by atoms with E-state index in [9.17, 15) is 9.59 Å². The lowest BCUT2D eigenvalue weighted by Gasteiger charge is -2.03. The van der Waals surface area contributed by atoms with Crippen LogP contribution in [0, 0.1) is 6.92 Å². The smallest absolute Gasteiger partial charge is 0.341 e. The van der Waals surface area contributed by atoms with E-state index in [4.69, 9.17) is 16.3 Å². The Balaban J connectivity index is 2.08. The van der Waals surface area contributed by atoms with Crippen molar-refractivity contribution >= 4 is 45.9 Å². The molecule has 1 aromatic heterocycles. The number of amides is 1. The van der Waals surface area contributed by atoms with Gasteiger partial charge in [-0.05, 0) is 43.7 Å². The van der Waals surface area contributed by atoms with Crippen LogP contribution in [0.25, 0.3) is 6.08 Å². The second-order valence-electron chi connectivity index (χ2n) is 4.69. The van der Waals surface area contributed by atoms with E-state index in [-0.39, 0.29) is 12.5 Å². The minimum Gasteiger partial charge on any atom is -0.462 e. The fraction of sp³-hybridized carbons (Fsp3) is 0.176. The Morgan fingerprint density at radius 2 is 2.00 bits per heavy atom. The summed E-state index contributed by atoms with van der Waals surface area (Å²) in [6, 6.07) is 8.83. The second kappa shape index (κ2) is 7.94. The number of benzene rings is 1. The van der Waals surface area contributed by atoms with E-state index in [2.05, 4.69) is 5.32 Å². The molecule has 0 spiro atoms. The Labute approximate surface area is 143 Å². The first-order valence-electron chi connectivity index (χ1n) is 7.01. The summed E-state index contributed by atoms with van der Waals surface area (Å²) in [4.78, 5) is 24.8. The van der Waals surface area contributed by atoms with Gasteiger partial charge in [0.15, 0.2) is 0 Å². The molecular formula is C17H16ClNO3S. The predicted molar refractivity (Wildman–Crippen MR) is 94.1 cm³/mol. The Morgan fingerprint density at radius 3 is 2.65 bits per heavy atom. The molecule has 1 N–H and O–H groups in total. The van der Waals surface area contributed by atoms with Crippen molar-refractivity contribution in [3.63, 3.8) is 0 Å². The van der Waals surface area contributed by atoms with Crippen LogP contribution in [0.4, 0.5) is 5.00 Å². The lowest BCUT2D eigenvalue weighted by Crippen LogP contribution is -2.11. The van der Waals surface area contributed by atoms with Gasteiger partial charge in [0.1, 0.15) is 5.00 Å². The van der Waals surface area contributed by atoms with Crippen molar-refractivity contribution in [3.8, 4) is 0 Å². The number of carbonyl (C=O) groups excluding carboxylic acids is 2. The molecule has 2 aromatic rings. The largest absolute Gasteiger partial charge is 0.462 e. The van der Waals surface area contributed by atoms with Gasteiger partial charge < -0.3 is 10.1 Å². The minimum atomic E-state index is -0.436. The maximum absolute atomic E-state index is 12.0. The minimum absolute atomic E-state index is 0.289. The molecule has 0 atom stereocenters. The highest BCUT2D eigenvalue weighted by Gasteiger charge is 2.17. The Hall–Kier alpha value is -2.11. The Kier molecular flexibility index (Phi) is 5.96. The zero-order valence-electron chi connectivity index (χ0n) is 12.8. The lowest BCUT2D eigenvalue weighted by molar-refractivity contribution is -0.111. The zero-order chi connectivity index (χ0) is 16.8. The summed E-state index contributed by atoms with van der Waals surface area (Å²) in [5.74, 6) is -0.749. The summed E-state index contributed by atoms with van der Waals surface area (Å²) in [5, 5.41) is 3.85. The summed E-state index contributed by atoms with van der Waals surface area (Å²) in [5.41, 5.74) is 1.24. The van der Waals surface area contributed by atoms with Crippen molar-refractivity contribution in [3.05, 3.63) is 57.4 Å². The topological polar surface area (TPSA) is 55.4 Å². The second-order valence-corrected chi connectivity index (χ2v) is 6.39. The van der Waals surface area contributed by atoms with Crippen LogP contribution in [0.15, 0.2) is 36.4 Å². The van der Waals surface area contributed by atoms with E-state index in [1.165, 1.54) is 17.4 Å². The third kappa shape index (κ3) is 4.94. The van der Waals surface area contributed by atoms with Crippen molar-refractivity contribution in [2.75, 3.05) is 11.9 Å². The van der Waals surface area contributed by atoms with Gasteiger partial charge in [0.2, 0.25) is 5.91 Å². The first-order chi connectivity index (χ1) is 11.0. The number of thiophene rings is 1. The van der Waals surface area contributed by atoms with Gasteiger partial charge in [-0.15, -0.1) is 11.3 Å². The number of rotatable bonds is 5. The predicted octanol–water partition coefficient (Wildman–Crippen LogP) is 4.54. The van der Waals surface area contributed by atoms with E-state index >= 15 is 0 Å². The monoisotopic (exact) mass is 349 g/mol. The van der Waals surface area contributed by atoms with Crippen molar-refractivity contribution in [2.24, 2.45) is 0 Å². The lowest BCUT2D eigenvalue weighted by atomic mass is 10.2. The molecule has 0 aliphatic carbocycles. The molecule has 0 saturated heterocycles. The molecule has 0 unspecified atom stereocenters. The molecular weight excluding hydrogens is 334 g/mol. The fourth-order valence-corrected chi connectivity index (χ4v) is 2.90. The number of halogens is 1. The van der Waals surface area contributed by atoms with Gasteiger partial charge in [0.25, 0.3) is 0 Å². The van der Waals surface area contributed by atoms with Crippen LogP contribution in [0.2, 0.25) is 5.02 Å². The van der Waals surface area contributed by atoms with Crippen LogP contribution < -0.4 is 5.32 Å². The number of anilines is 1. The Morgan fingerprint density at radius 1 is 1.30 bits per heavy atom. The van der Waals surface area contributed by atoms with E-state index in [1.54, 1.807) is 31.2 Å². The molecule has 0 aliphatic heterocycles. The normalized spacial score (nSPS) is 10.7. The van der Waals surface area contributed by atoms with Crippen LogP contribution in [0.5, 0.6) is 0 Å². The fourth-order valence-electron chi connectivity index (χ4n) is 1.87. The van der Waals surface area contributed by atoms with E-state index in [0.29, 0.717) is 15.6 Å². The highest BCUT2D eigenvalue weighted by atomic mass is 35.5. The number of aryl methyl sites for hydroxylation is 1. The number of hydrogen-bond acceptors (Lipinski definition) is 4. The highest BCUT2D eigenvalue weighted by Crippen LogP contribution is 2.28. The molecule has 0 bridgehead atoms. The molecule has 1 amide bonds. The van der Waals surface area contributed by atoms with Crippen molar-refractivity contribution < 1.29 is 14.3 Å². The molecule has 0 radical (unpaired) electrons. The SMILES string of the molecule is CCOC(=O)c1cc(C)sc1NC(=O)/C=C/c1ccc(Cl)cc1. The molecule has 0 aliphatic rings. The van der Waals surface area contributed by atoms with Crippen LogP contribution in [-0.2, 0) is 9.53 Å². The third-order valence-corrected chi connectivity index (χ3v) is 4.10. The number of ether oxygens (including phenoxy) is 1. The van der Waals surface area contributed by atoms with E-state index in [1.807, 2.05) is 19.1 Å². The molecule has 1 aromatic carbocycles. The first-order valence-corrected chi connectivity index (χ1v) is 8.21. The molecule has 2 rings (SSSR count). The third-order valence-electron chi connectivity index (χ3n) is 2.88. The van der Waals surface area contributed by atoms with Gasteiger partial charge in [-0.3, -0.25) is 4.79 Å². The van der Waals surface area contributed by atoms with Crippen molar-refractivity contribution in [1.29, 1.82) is 0 Å². The van der Waals surface area contributed by atoms with Crippen molar-refractivity contribution in [2.45, 2.75) is 13.8 Å². The Bertz CT molecular complexity index is 735. The van der Waals surface area contributed by atoms with Crippen molar-refractivity contribution in [1.82, 2.24) is 0 Å². The first kappa shape index (κ1) is 17.2. The summed E-state index contributed by atoms with van der Waals surface area (Å²) in [6.45, 7) is 3.90. The summed E-state index contributed by atoms with van der Waals surface area (Å²) < 4.78 is 4.99. The molecule has 120 valence electrons. The molecule has 0 fully saturated rings. The molecule has 23 heavy (non-hydrogen) atoms. The van der Waals surface area contributed by atoms with Crippen LogP contribution in [-0.4, -0.2) is 18.5 Å². The number of carbonyl (C=O) groups is 2. The highest BCUT2D eigenvalue weighted by molar-refractivity contribution is 7.16. The average Bonchev–Trinajstić information content (AvgIpc) is 2.87. The van der Waals surface area contributed by atoms with Gasteiger partial charge in [0.05, 0.1) is 12.2 Å². The summed E-state index contributed by atoms with van der Waals surface area (Å²) in [7, 11) is 0. The average molecular weight is 350 g/mol. The van der Waals surface area contributed by atoms with Crippen LogP contribution >= 0.6 is 22.9 Å². The number of esters is 1. The molecule has 4 nitrogen and oxygen atoms in total. The van der Waals surface area contributed by atoms with Gasteiger partial charge in [-0.2, -0.15) is 0 Å². The quantitative estimate of drug-likeness (QED) is 0.637. The van der Waals surface area contributed by atoms with Crippen LogP contribution in [0.3, 0.4) is 0 Å². The van der Waals surface area contributed by atoms with E-state index in [0.717, 1.165) is 10.4 Å². The maximum Gasteiger partial charge on any atom is 0.341 e.